The third-order valence-corrected chi connectivity index (χ3v) is 2.44. The average molecular weight is 407 g/mol. The molecule has 1 aromatic carbocycles. The van der Waals surface area contributed by atoms with Gasteiger partial charge in [0.1, 0.15) is 18.1 Å². The standard InChI is InChI=1S/C15H25N3O2.HI/c1-5-16-15(18-12(2)3)17-9-10-20-14-8-6-7-13(11-14)19-4;/h6-8,11-12H,5,9-10H2,1-4H3,(H2,16,17,18);1H. The van der Waals surface area contributed by atoms with E-state index >= 15 is 0 Å². The van der Waals surface area contributed by atoms with E-state index in [0.717, 1.165) is 24.0 Å². The molecule has 0 atom stereocenters. The van der Waals surface area contributed by atoms with Crippen LogP contribution in [-0.2, 0) is 0 Å². The van der Waals surface area contributed by atoms with Crippen LogP contribution in [0, 0.1) is 0 Å². The lowest BCUT2D eigenvalue weighted by atomic mass is 10.3. The van der Waals surface area contributed by atoms with E-state index in [1.807, 2.05) is 31.2 Å². The van der Waals surface area contributed by atoms with Crippen molar-refractivity contribution in [2.24, 2.45) is 4.99 Å². The van der Waals surface area contributed by atoms with Crippen LogP contribution in [0.25, 0.3) is 0 Å². The topological polar surface area (TPSA) is 54.9 Å². The fraction of sp³-hybridized carbons (Fsp3) is 0.533. The number of halogens is 1. The highest BCUT2D eigenvalue weighted by Crippen LogP contribution is 2.18. The summed E-state index contributed by atoms with van der Waals surface area (Å²) in [4.78, 5) is 4.45. The lowest BCUT2D eigenvalue weighted by Crippen LogP contribution is -2.41. The molecule has 0 radical (unpaired) electrons. The Morgan fingerprint density at radius 3 is 2.62 bits per heavy atom. The van der Waals surface area contributed by atoms with Gasteiger partial charge in [-0.15, -0.1) is 24.0 Å². The van der Waals surface area contributed by atoms with Crippen molar-refractivity contribution in [3.05, 3.63) is 24.3 Å². The zero-order valence-corrected chi connectivity index (χ0v) is 15.5. The molecule has 2 N–H and O–H groups in total. The van der Waals surface area contributed by atoms with E-state index in [9.17, 15) is 0 Å². The van der Waals surface area contributed by atoms with Crippen molar-refractivity contribution in [2.45, 2.75) is 26.8 Å². The summed E-state index contributed by atoms with van der Waals surface area (Å²) in [6.45, 7) is 8.18. The summed E-state index contributed by atoms with van der Waals surface area (Å²) in [5.74, 6) is 2.40. The van der Waals surface area contributed by atoms with E-state index in [0.29, 0.717) is 19.2 Å². The van der Waals surface area contributed by atoms with Crippen molar-refractivity contribution in [1.29, 1.82) is 0 Å². The number of benzene rings is 1. The molecule has 6 heteroatoms. The molecule has 0 spiro atoms. The lowest BCUT2D eigenvalue weighted by Gasteiger charge is -2.14. The normalized spacial score (nSPS) is 10.8. The van der Waals surface area contributed by atoms with Crippen molar-refractivity contribution < 1.29 is 9.47 Å². The number of nitrogens with zero attached hydrogens (tertiary/aromatic N) is 1. The largest absolute Gasteiger partial charge is 0.497 e. The maximum absolute atomic E-state index is 5.64. The van der Waals surface area contributed by atoms with E-state index < -0.39 is 0 Å². The molecule has 0 unspecified atom stereocenters. The van der Waals surface area contributed by atoms with E-state index in [2.05, 4.69) is 29.5 Å². The van der Waals surface area contributed by atoms with E-state index in [4.69, 9.17) is 9.47 Å². The number of hydrogen-bond acceptors (Lipinski definition) is 3. The minimum Gasteiger partial charge on any atom is -0.497 e. The predicted molar refractivity (Wildman–Crippen MR) is 98.2 cm³/mol. The summed E-state index contributed by atoms with van der Waals surface area (Å²) in [5.41, 5.74) is 0. The highest BCUT2D eigenvalue weighted by atomic mass is 127. The number of nitrogens with one attached hydrogen (secondary N) is 2. The van der Waals surface area contributed by atoms with Crippen molar-refractivity contribution in [1.82, 2.24) is 10.6 Å². The second-order valence-corrected chi connectivity index (χ2v) is 4.59. The van der Waals surface area contributed by atoms with Crippen molar-refractivity contribution >= 4 is 29.9 Å². The summed E-state index contributed by atoms with van der Waals surface area (Å²) in [6.07, 6.45) is 0. The Kier molecular flexibility index (Phi) is 10.8. The summed E-state index contributed by atoms with van der Waals surface area (Å²) >= 11 is 0. The fourth-order valence-corrected chi connectivity index (χ4v) is 1.61. The molecule has 0 aliphatic rings. The molecule has 5 nitrogen and oxygen atoms in total. The van der Waals surface area contributed by atoms with E-state index in [1.54, 1.807) is 7.11 Å². The van der Waals surface area contributed by atoms with Crippen LogP contribution in [0.2, 0.25) is 0 Å². The van der Waals surface area contributed by atoms with Gasteiger partial charge in [0.15, 0.2) is 5.96 Å². The smallest absolute Gasteiger partial charge is 0.191 e. The van der Waals surface area contributed by atoms with Crippen molar-refractivity contribution in [3.8, 4) is 11.5 Å². The van der Waals surface area contributed by atoms with Crippen LogP contribution in [0.5, 0.6) is 11.5 Å². The molecule has 0 heterocycles. The van der Waals surface area contributed by atoms with Gasteiger partial charge in [0.05, 0.1) is 13.7 Å². The predicted octanol–water partition coefficient (Wildman–Crippen LogP) is 2.66. The number of hydrogen-bond donors (Lipinski definition) is 2. The fourth-order valence-electron chi connectivity index (χ4n) is 1.61. The molecule has 0 amide bonds. The zero-order chi connectivity index (χ0) is 14.8. The summed E-state index contributed by atoms with van der Waals surface area (Å²) in [6, 6.07) is 7.92. The lowest BCUT2D eigenvalue weighted by molar-refractivity contribution is 0.325. The van der Waals surface area contributed by atoms with Gasteiger partial charge in [-0.05, 0) is 32.9 Å². The monoisotopic (exact) mass is 407 g/mol. The average Bonchev–Trinajstić information content (AvgIpc) is 2.43. The van der Waals surface area contributed by atoms with Crippen LogP contribution in [0.3, 0.4) is 0 Å². The van der Waals surface area contributed by atoms with Crippen LogP contribution >= 0.6 is 24.0 Å². The Labute approximate surface area is 144 Å². The summed E-state index contributed by atoms with van der Waals surface area (Å²) in [5, 5.41) is 6.46. The van der Waals surface area contributed by atoms with Gasteiger partial charge >= 0.3 is 0 Å². The van der Waals surface area contributed by atoms with Gasteiger partial charge in [-0.1, -0.05) is 6.07 Å². The van der Waals surface area contributed by atoms with Crippen molar-refractivity contribution in [3.63, 3.8) is 0 Å². The zero-order valence-electron chi connectivity index (χ0n) is 13.2. The third-order valence-electron chi connectivity index (χ3n) is 2.44. The first-order valence-corrected chi connectivity index (χ1v) is 6.97. The van der Waals surface area contributed by atoms with Crippen LogP contribution in [-0.4, -0.2) is 38.8 Å². The second kappa shape index (κ2) is 11.5. The number of aliphatic imine (C=N–C) groups is 1. The molecule has 0 saturated carbocycles. The van der Waals surface area contributed by atoms with E-state index in [-0.39, 0.29) is 24.0 Å². The molecule has 0 fully saturated rings. The van der Waals surface area contributed by atoms with Crippen LogP contribution in [0.4, 0.5) is 0 Å². The van der Waals surface area contributed by atoms with E-state index in [1.165, 1.54) is 0 Å². The van der Waals surface area contributed by atoms with Gasteiger partial charge in [-0.3, -0.25) is 0 Å². The summed E-state index contributed by atoms with van der Waals surface area (Å²) < 4.78 is 10.8. The Morgan fingerprint density at radius 2 is 2.00 bits per heavy atom. The molecule has 120 valence electrons. The second-order valence-electron chi connectivity index (χ2n) is 4.59. The molecule has 0 aromatic heterocycles. The Morgan fingerprint density at radius 1 is 1.29 bits per heavy atom. The highest BCUT2D eigenvalue weighted by Gasteiger charge is 1.99. The number of guanidine groups is 1. The molecule has 0 saturated heterocycles. The molecular weight excluding hydrogens is 381 g/mol. The third kappa shape index (κ3) is 8.64. The Balaban J connectivity index is 0.00000400. The maximum atomic E-state index is 5.64. The van der Waals surface area contributed by atoms with Crippen LogP contribution in [0.15, 0.2) is 29.3 Å². The minimum absolute atomic E-state index is 0. The van der Waals surface area contributed by atoms with Crippen LogP contribution < -0.4 is 20.1 Å². The maximum Gasteiger partial charge on any atom is 0.191 e. The molecular formula is C15H26IN3O2. The highest BCUT2D eigenvalue weighted by molar-refractivity contribution is 14.0. The SMILES string of the molecule is CCNC(=NCCOc1cccc(OC)c1)NC(C)C.I. The van der Waals surface area contributed by atoms with Gasteiger partial charge in [-0.25, -0.2) is 4.99 Å². The summed E-state index contributed by atoms with van der Waals surface area (Å²) in [7, 11) is 1.64. The molecule has 0 aliphatic carbocycles. The van der Waals surface area contributed by atoms with Gasteiger partial charge in [0, 0.05) is 18.7 Å². The molecule has 0 aliphatic heterocycles. The molecule has 1 rings (SSSR count). The minimum atomic E-state index is 0. The quantitative estimate of drug-likeness (QED) is 0.316. The number of rotatable bonds is 7. The van der Waals surface area contributed by atoms with Crippen LogP contribution in [0.1, 0.15) is 20.8 Å². The molecule has 21 heavy (non-hydrogen) atoms. The number of ether oxygens (including phenoxy) is 2. The van der Waals surface area contributed by atoms with Gasteiger partial charge in [0.2, 0.25) is 0 Å². The first-order valence-electron chi connectivity index (χ1n) is 6.97. The first-order chi connectivity index (χ1) is 9.65. The van der Waals surface area contributed by atoms with Gasteiger partial charge < -0.3 is 20.1 Å². The van der Waals surface area contributed by atoms with Crippen molar-refractivity contribution in [2.75, 3.05) is 26.8 Å². The first kappa shape index (κ1) is 19.8. The van der Waals surface area contributed by atoms with Gasteiger partial charge in [-0.2, -0.15) is 0 Å². The molecule has 0 bridgehead atoms. The Bertz CT molecular complexity index is 425. The van der Waals surface area contributed by atoms with Gasteiger partial charge in [0.25, 0.3) is 0 Å². The number of methoxy groups -OCH3 is 1. The molecule has 1 aromatic rings. The Hall–Kier alpha value is -1.18.